The highest BCUT2D eigenvalue weighted by atomic mass is 15.1. The molecule has 0 saturated heterocycles. The van der Waals surface area contributed by atoms with Gasteiger partial charge in [-0.15, -0.1) is 0 Å². The van der Waals surface area contributed by atoms with Gasteiger partial charge in [0, 0.05) is 18.6 Å². The van der Waals surface area contributed by atoms with Crippen LogP contribution in [0.2, 0.25) is 0 Å². The Morgan fingerprint density at radius 3 is 2.56 bits per heavy atom. The van der Waals surface area contributed by atoms with Crippen LogP contribution in [0.4, 0.5) is 0 Å². The van der Waals surface area contributed by atoms with Gasteiger partial charge in [-0.25, -0.2) is 0 Å². The van der Waals surface area contributed by atoms with Crippen LogP contribution in [-0.2, 0) is 0 Å². The second-order valence-electron chi connectivity index (χ2n) is 6.25. The minimum absolute atomic E-state index is 0.468. The van der Waals surface area contributed by atoms with E-state index in [1.165, 1.54) is 25.8 Å². The fraction of sp³-hybridized carbons (Fsp3) is 1.00. The lowest BCUT2D eigenvalue weighted by atomic mass is 9.85. The minimum atomic E-state index is 0.468. The molecule has 0 spiro atoms. The van der Waals surface area contributed by atoms with E-state index in [0.29, 0.717) is 17.5 Å². The summed E-state index contributed by atoms with van der Waals surface area (Å²) in [6.07, 6.45) is 3.98. The van der Waals surface area contributed by atoms with Crippen molar-refractivity contribution in [3.63, 3.8) is 0 Å². The van der Waals surface area contributed by atoms with E-state index in [-0.39, 0.29) is 0 Å². The van der Waals surface area contributed by atoms with Gasteiger partial charge in [-0.05, 0) is 51.6 Å². The van der Waals surface area contributed by atoms with Crippen LogP contribution in [0.3, 0.4) is 0 Å². The topological polar surface area (TPSA) is 15.3 Å². The Hall–Kier alpha value is -0.0800. The van der Waals surface area contributed by atoms with Crippen molar-refractivity contribution >= 4 is 0 Å². The summed E-state index contributed by atoms with van der Waals surface area (Å²) in [4.78, 5) is 2.52. The van der Waals surface area contributed by atoms with Crippen molar-refractivity contribution in [2.75, 3.05) is 20.6 Å². The number of nitrogens with zero attached hydrogens (tertiary/aromatic N) is 1. The van der Waals surface area contributed by atoms with Gasteiger partial charge in [-0.1, -0.05) is 20.8 Å². The molecule has 3 unspecified atom stereocenters. The normalized spacial score (nSPS) is 30.9. The molecule has 3 atom stereocenters. The first-order valence-electron chi connectivity index (χ1n) is 6.80. The monoisotopic (exact) mass is 226 g/mol. The molecule has 0 radical (unpaired) electrons. The van der Waals surface area contributed by atoms with E-state index < -0.39 is 0 Å². The molecule has 0 bridgehead atoms. The van der Waals surface area contributed by atoms with Gasteiger partial charge in [0.05, 0.1) is 0 Å². The molecule has 0 aromatic heterocycles. The molecule has 1 aliphatic rings. The fourth-order valence-electron chi connectivity index (χ4n) is 3.20. The zero-order valence-corrected chi connectivity index (χ0v) is 12.0. The summed E-state index contributed by atoms with van der Waals surface area (Å²) in [5.74, 6) is 0.819. The Balaban J connectivity index is 2.55. The molecule has 0 aromatic carbocycles. The van der Waals surface area contributed by atoms with Gasteiger partial charge >= 0.3 is 0 Å². The average molecular weight is 226 g/mol. The quantitative estimate of drug-likeness (QED) is 0.775. The molecular formula is C14H30N2. The molecule has 2 heteroatoms. The molecule has 0 aliphatic heterocycles. The van der Waals surface area contributed by atoms with Crippen molar-refractivity contribution in [3.05, 3.63) is 0 Å². The van der Waals surface area contributed by atoms with E-state index in [4.69, 9.17) is 0 Å². The zero-order valence-electron chi connectivity index (χ0n) is 12.0. The van der Waals surface area contributed by atoms with Gasteiger partial charge in [-0.3, -0.25) is 0 Å². The molecule has 1 fully saturated rings. The summed E-state index contributed by atoms with van der Waals surface area (Å²) < 4.78 is 0. The van der Waals surface area contributed by atoms with Gasteiger partial charge < -0.3 is 10.2 Å². The van der Waals surface area contributed by atoms with Crippen molar-refractivity contribution in [2.24, 2.45) is 11.3 Å². The smallest absolute Gasteiger partial charge is 0.0156 e. The van der Waals surface area contributed by atoms with Gasteiger partial charge in [0.25, 0.3) is 0 Å². The van der Waals surface area contributed by atoms with Crippen LogP contribution in [0.1, 0.15) is 47.0 Å². The number of nitrogens with one attached hydrogen (secondary N) is 1. The average Bonchev–Trinajstić information content (AvgIpc) is 2.52. The van der Waals surface area contributed by atoms with E-state index in [1.807, 2.05) is 0 Å². The lowest BCUT2D eigenvalue weighted by Gasteiger charge is -2.34. The van der Waals surface area contributed by atoms with Crippen LogP contribution in [0.5, 0.6) is 0 Å². The standard InChI is InChI=1S/C14H30N2/c1-7-11(2)16(6)10-12-8-9-14(3,4)13(12)15-5/h11-13,15H,7-10H2,1-6H3. The maximum Gasteiger partial charge on any atom is 0.0156 e. The minimum Gasteiger partial charge on any atom is -0.316 e. The third-order valence-electron chi connectivity index (χ3n) is 4.65. The number of hydrogen-bond donors (Lipinski definition) is 1. The SMILES string of the molecule is CCC(C)N(C)CC1CCC(C)(C)C1NC. The Bertz CT molecular complexity index is 213. The van der Waals surface area contributed by atoms with Crippen molar-refractivity contribution < 1.29 is 0 Å². The zero-order chi connectivity index (χ0) is 12.3. The van der Waals surface area contributed by atoms with Gasteiger partial charge in [0.1, 0.15) is 0 Å². The fourth-order valence-corrected chi connectivity index (χ4v) is 3.20. The molecule has 0 aromatic rings. The maximum absolute atomic E-state index is 3.54. The second-order valence-corrected chi connectivity index (χ2v) is 6.25. The first kappa shape index (κ1) is 14.0. The number of rotatable bonds is 5. The first-order chi connectivity index (χ1) is 7.42. The summed E-state index contributed by atoms with van der Waals surface area (Å²) in [5.41, 5.74) is 0.468. The third kappa shape index (κ3) is 2.98. The van der Waals surface area contributed by atoms with Gasteiger partial charge in [0.15, 0.2) is 0 Å². The molecule has 2 nitrogen and oxygen atoms in total. The summed E-state index contributed by atoms with van der Waals surface area (Å²) >= 11 is 0. The predicted molar refractivity (Wildman–Crippen MR) is 71.7 cm³/mol. The molecular weight excluding hydrogens is 196 g/mol. The Morgan fingerprint density at radius 1 is 1.44 bits per heavy atom. The van der Waals surface area contributed by atoms with Crippen molar-refractivity contribution in [1.29, 1.82) is 0 Å². The van der Waals surface area contributed by atoms with Crippen molar-refractivity contribution in [3.8, 4) is 0 Å². The Kier molecular flexibility index (Phi) is 4.81. The van der Waals surface area contributed by atoms with Crippen LogP contribution in [-0.4, -0.2) is 37.6 Å². The van der Waals surface area contributed by atoms with Crippen LogP contribution < -0.4 is 5.32 Å². The van der Waals surface area contributed by atoms with E-state index in [9.17, 15) is 0 Å². The lowest BCUT2D eigenvalue weighted by molar-refractivity contribution is 0.178. The largest absolute Gasteiger partial charge is 0.316 e. The number of hydrogen-bond acceptors (Lipinski definition) is 2. The van der Waals surface area contributed by atoms with E-state index in [2.05, 4.69) is 52.0 Å². The lowest BCUT2D eigenvalue weighted by Crippen LogP contribution is -2.44. The molecule has 1 aliphatic carbocycles. The molecule has 1 N–H and O–H groups in total. The Labute approximate surface area is 102 Å². The highest BCUT2D eigenvalue weighted by molar-refractivity contribution is 4.96. The van der Waals surface area contributed by atoms with Gasteiger partial charge in [0.2, 0.25) is 0 Å². The molecule has 16 heavy (non-hydrogen) atoms. The van der Waals surface area contributed by atoms with Gasteiger partial charge in [-0.2, -0.15) is 0 Å². The summed E-state index contributed by atoms with van der Waals surface area (Å²) in [6, 6.07) is 1.39. The summed E-state index contributed by atoms with van der Waals surface area (Å²) in [7, 11) is 4.39. The molecule has 1 saturated carbocycles. The summed E-state index contributed by atoms with van der Waals surface area (Å²) in [6.45, 7) is 10.6. The van der Waals surface area contributed by atoms with E-state index in [1.54, 1.807) is 0 Å². The predicted octanol–water partition coefficient (Wildman–Crippen LogP) is 2.74. The van der Waals surface area contributed by atoms with Crippen LogP contribution in [0.25, 0.3) is 0 Å². The highest BCUT2D eigenvalue weighted by Crippen LogP contribution is 2.41. The van der Waals surface area contributed by atoms with E-state index in [0.717, 1.165) is 5.92 Å². The molecule has 0 amide bonds. The molecule has 96 valence electrons. The Morgan fingerprint density at radius 2 is 2.06 bits per heavy atom. The molecule has 0 heterocycles. The van der Waals surface area contributed by atoms with Crippen LogP contribution in [0, 0.1) is 11.3 Å². The van der Waals surface area contributed by atoms with Crippen molar-refractivity contribution in [1.82, 2.24) is 10.2 Å². The maximum atomic E-state index is 3.54. The van der Waals surface area contributed by atoms with Crippen LogP contribution in [0.15, 0.2) is 0 Å². The van der Waals surface area contributed by atoms with E-state index >= 15 is 0 Å². The summed E-state index contributed by atoms with van der Waals surface area (Å²) in [5, 5.41) is 3.54. The van der Waals surface area contributed by atoms with Crippen molar-refractivity contribution in [2.45, 2.75) is 59.0 Å². The highest BCUT2D eigenvalue weighted by Gasteiger charge is 2.41. The second kappa shape index (κ2) is 5.50. The van der Waals surface area contributed by atoms with Crippen LogP contribution >= 0.6 is 0 Å². The first-order valence-corrected chi connectivity index (χ1v) is 6.80. The third-order valence-corrected chi connectivity index (χ3v) is 4.65. The molecule has 1 rings (SSSR count).